The molecule has 4 heteroatoms. The topological polar surface area (TPSA) is 24.9 Å². The molecular formula is C56H54N2O2. The molecule has 0 saturated heterocycles. The minimum Gasteiger partial charge on any atom is -0.487 e. The van der Waals surface area contributed by atoms with Crippen LogP contribution in [0.25, 0.3) is 43.1 Å². The molecule has 0 fully saturated rings. The Labute approximate surface area is 354 Å². The Balaban J connectivity index is 1.43. The van der Waals surface area contributed by atoms with Crippen LogP contribution in [0.4, 0.5) is 34.1 Å². The summed E-state index contributed by atoms with van der Waals surface area (Å²) in [5.74, 6) is 1.72. The molecule has 0 spiro atoms. The third kappa shape index (κ3) is 7.15. The van der Waals surface area contributed by atoms with Gasteiger partial charge in [-0.05, 0) is 165 Å². The Morgan fingerprint density at radius 1 is 0.300 bits per heavy atom. The van der Waals surface area contributed by atoms with E-state index in [1.165, 1.54) is 22.3 Å². The van der Waals surface area contributed by atoms with E-state index in [-0.39, 0.29) is 0 Å². The van der Waals surface area contributed by atoms with Crippen molar-refractivity contribution in [1.82, 2.24) is 0 Å². The van der Waals surface area contributed by atoms with Crippen molar-refractivity contribution in [1.29, 1.82) is 0 Å². The fourth-order valence-corrected chi connectivity index (χ4v) is 8.63. The number of nitrogens with zero attached hydrogens (tertiary/aromatic N) is 2. The van der Waals surface area contributed by atoms with Gasteiger partial charge in [0.2, 0.25) is 0 Å². The van der Waals surface area contributed by atoms with E-state index in [2.05, 4.69) is 225 Å². The molecular weight excluding hydrogens is 733 g/mol. The Morgan fingerprint density at radius 2 is 0.567 bits per heavy atom. The predicted molar refractivity (Wildman–Crippen MR) is 257 cm³/mol. The molecule has 9 rings (SSSR count). The maximum Gasteiger partial charge on any atom is 0.128 e. The summed E-state index contributed by atoms with van der Waals surface area (Å²) >= 11 is 0. The van der Waals surface area contributed by atoms with Crippen molar-refractivity contribution in [2.75, 3.05) is 9.80 Å². The summed E-state index contributed by atoms with van der Waals surface area (Å²) in [6.45, 7) is 21.3. The molecule has 60 heavy (non-hydrogen) atoms. The number of aryl methyl sites for hydroxylation is 4. The van der Waals surface area contributed by atoms with Crippen LogP contribution in [0.15, 0.2) is 146 Å². The van der Waals surface area contributed by atoms with Crippen LogP contribution in [-0.2, 0) is 0 Å². The highest BCUT2D eigenvalue weighted by Crippen LogP contribution is 2.53. The normalized spacial score (nSPS) is 12.2. The number of hydrogen-bond acceptors (Lipinski definition) is 4. The van der Waals surface area contributed by atoms with Crippen LogP contribution >= 0.6 is 0 Å². The molecule has 0 aliphatic heterocycles. The summed E-state index contributed by atoms with van der Waals surface area (Å²) in [7, 11) is 0. The molecule has 0 atom stereocenters. The van der Waals surface area contributed by atoms with Crippen molar-refractivity contribution in [3.8, 4) is 11.5 Å². The van der Waals surface area contributed by atoms with E-state index in [1.54, 1.807) is 0 Å². The van der Waals surface area contributed by atoms with Crippen molar-refractivity contribution < 1.29 is 9.47 Å². The van der Waals surface area contributed by atoms with Crippen LogP contribution in [0.5, 0.6) is 11.5 Å². The van der Waals surface area contributed by atoms with Crippen LogP contribution in [0.2, 0.25) is 0 Å². The summed E-state index contributed by atoms with van der Waals surface area (Å²) in [6, 6.07) is 53.4. The van der Waals surface area contributed by atoms with Crippen LogP contribution in [-0.4, -0.2) is 11.2 Å². The maximum atomic E-state index is 6.96. The first-order chi connectivity index (χ1) is 28.6. The highest BCUT2D eigenvalue weighted by molar-refractivity contribution is 6.37. The maximum absolute atomic E-state index is 6.96. The van der Waals surface area contributed by atoms with E-state index in [9.17, 15) is 0 Å². The van der Waals surface area contributed by atoms with Crippen molar-refractivity contribution in [3.05, 3.63) is 168 Å². The van der Waals surface area contributed by atoms with E-state index in [0.29, 0.717) is 0 Å². The molecule has 9 aromatic rings. The van der Waals surface area contributed by atoms with Gasteiger partial charge < -0.3 is 19.3 Å². The minimum absolute atomic E-state index is 0.429. The molecule has 300 valence electrons. The van der Waals surface area contributed by atoms with Crippen LogP contribution < -0.4 is 19.3 Å². The van der Waals surface area contributed by atoms with Gasteiger partial charge in [0.1, 0.15) is 22.7 Å². The molecule has 0 unspecified atom stereocenters. The third-order valence-corrected chi connectivity index (χ3v) is 11.3. The van der Waals surface area contributed by atoms with Crippen molar-refractivity contribution >= 4 is 77.2 Å². The summed E-state index contributed by atoms with van der Waals surface area (Å²) in [5, 5.41) is 9.03. The quantitative estimate of drug-likeness (QED) is 0.113. The zero-order valence-corrected chi connectivity index (χ0v) is 36.6. The Morgan fingerprint density at radius 3 is 0.833 bits per heavy atom. The zero-order valence-electron chi connectivity index (χ0n) is 36.6. The predicted octanol–water partition coefficient (Wildman–Crippen LogP) is 16.3. The highest BCUT2D eigenvalue weighted by Gasteiger charge is 2.28. The Hall–Kier alpha value is -6.52. The number of fused-ring (bicyclic) bond motifs is 2. The first kappa shape index (κ1) is 39.0. The lowest BCUT2D eigenvalue weighted by atomic mass is 9.87. The first-order valence-electron chi connectivity index (χ1n) is 21.1. The second kappa shape index (κ2) is 14.6. The largest absolute Gasteiger partial charge is 0.487 e. The van der Waals surface area contributed by atoms with Crippen LogP contribution in [0.1, 0.15) is 63.8 Å². The Kier molecular flexibility index (Phi) is 9.51. The van der Waals surface area contributed by atoms with Crippen molar-refractivity contribution in [3.63, 3.8) is 0 Å². The lowest BCUT2D eigenvalue weighted by Gasteiger charge is -2.31. The number of hydrogen-bond donors (Lipinski definition) is 0. The standard InChI is InChI=1S/C56H54N2O2/c1-35-11-19-39(20-12-35)57(40-21-13-36(2)14-22-40)47-31-27-45-51-43(47)29-33-49(59-55(5,6)7)53(51)46-28-32-48(44-30-34-50(54(45)52(44)46)60-56(8,9)10)58(41-23-15-37(3)16-24-41)42-25-17-38(4)18-26-42/h11-34H,1-10H3. The monoisotopic (exact) mass is 786 g/mol. The zero-order chi connectivity index (χ0) is 42.1. The number of rotatable bonds is 8. The van der Waals surface area contributed by atoms with Gasteiger partial charge in [0.05, 0.1) is 11.4 Å². The highest BCUT2D eigenvalue weighted by atomic mass is 16.5. The number of ether oxygens (including phenoxy) is 2. The summed E-state index contributed by atoms with van der Waals surface area (Å²) in [4.78, 5) is 4.78. The summed E-state index contributed by atoms with van der Waals surface area (Å²) in [5.41, 5.74) is 10.6. The van der Waals surface area contributed by atoms with Gasteiger partial charge in [-0.2, -0.15) is 0 Å². The number of anilines is 6. The molecule has 0 heterocycles. The lowest BCUT2D eigenvalue weighted by Crippen LogP contribution is -2.23. The molecule has 0 aliphatic carbocycles. The average Bonchev–Trinajstić information content (AvgIpc) is 3.20. The van der Waals surface area contributed by atoms with Crippen molar-refractivity contribution in [2.24, 2.45) is 0 Å². The van der Waals surface area contributed by atoms with E-state index in [4.69, 9.17) is 9.47 Å². The fourth-order valence-electron chi connectivity index (χ4n) is 8.63. The van der Waals surface area contributed by atoms with Crippen LogP contribution in [0, 0.1) is 27.7 Å². The molecule has 0 N–H and O–H groups in total. The summed E-state index contributed by atoms with van der Waals surface area (Å²) in [6.07, 6.45) is 0. The van der Waals surface area contributed by atoms with Gasteiger partial charge in [-0.3, -0.25) is 0 Å². The van der Waals surface area contributed by atoms with Gasteiger partial charge in [0.15, 0.2) is 0 Å². The van der Waals surface area contributed by atoms with Gasteiger partial charge in [-0.1, -0.05) is 82.9 Å². The van der Waals surface area contributed by atoms with Gasteiger partial charge >= 0.3 is 0 Å². The molecule has 4 nitrogen and oxygen atoms in total. The molecule has 9 aromatic carbocycles. The van der Waals surface area contributed by atoms with E-state index in [0.717, 1.165) is 88.7 Å². The molecule has 0 aromatic heterocycles. The molecule has 0 radical (unpaired) electrons. The Bertz CT molecular complexity index is 2710. The summed E-state index contributed by atoms with van der Waals surface area (Å²) < 4.78 is 13.9. The fraction of sp³-hybridized carbons (Fsp3) is 0.214. The molecule has 0 saturated carbocycles. The molecule has 0 aliphatic rings. The van der Waals surface area contributed by atoms with Gasteiger partial charge in [-0.25, -0.2) is 0 Å². The SMILES string of the molecule is Cc1ccc(N(c2ccc(C)cc2)c2ccc3c4c(OC(C)(C)C)ccc5c(N(c6ccc(C)cc6)c6ccc(C)cc6)ccc(c6c(OC(C)(C)C)ccc2c36)c54)cc1. The van der Waals surface area contributed by atoms with Gasteiger partial charge in [0, 0.05) is 55.1 Å². The third-order valence-electron chi connectivity index (χ3n) is 11.3. The second-order valence-corrected chi connectivity index (χ2v) is 18.4. The van der Waals surface area contributed by atoms with E-state index in [1.807, 2.05) is 0 Å². The minimum atomic E-state index is -0.429. The van der Waals surface area contributed by atoms with Gasteiger partial charge in [-0.15, -0.1) is 0 Å². The van der Waals surface area contributed by atoms with Crippen molar-refractivity contribution in [2.45, 2.75) is 80.4 Å². The smallest absolute Gasteiger partial charge is 0.128 e. The number of benzene rings is 9. The lowest BCUT2D eigenvalue weighted by molar-refractivity contribution is 0.132. The average molecular weight is 787 g/mol. The molecule has 0 amide bonds. The second-order valence-electron chi connectivity index (χ2n) is 18.4. The first-order valence-corrected chi connectivity index (χ1v) is 21.1. The molecule has 0 bridgehead atoms. The van der Waals surface area contributed by atoms with E-state index < -0.39 is 11.2 Å². The van der Waals surface area contributed by atoms with Crippen LogP contribution in [0.3, 0.4) is 0 Å². The van der Waals surface area contributed by atoms with E-state index >= 15 is 0 Å². The van der Waals surface area contributed by atoms with Gasteiger partial charge in [0.25, 0.3) is 0 Å².